The van der Waals surface area contributed by atoms with Crippen molar-refractivity contribution in [1.29, 1.82) is 0 Å². The Balaban J connectivity index is 1.42. The van der Waals surface area contributed by atoms with Crippen LogP contribution in [0.2, 0.25) is 0 Å². The molecule has 1 fully saturated rings. The number of para-hydroxylation sites is 1. The summed E-state index contributed by atoms with van der Waals surface area (Å²) in [5.41, 5.74) is 5.52. The molecule has 6 rings (SSSR count). The highest BCUT2D eigenvalue weighted by atomic mass is 16.5. The molecule has 4 heterocycles. The second-order valence-corrected chi connectivity index (χ2v) is 9.98. The standard InChI is InChI=1S/C25H30N2O2/c1-24(2)15-28-22-12-23-20(11-19(22)24)25(16-29-23)14-27(13-17-7-9-26-10-8-17)21-6-4-3-5-18(21)25/h3-6,11-12,17,26H,7-10,13-16H2,1-2H3. The van der Waals surface area contributed by atoms with Crippen LogP contribution in [0.4, 0.5) is 5.69 Å². The molecule has 0 saturated carbocycles. The highest BCUT2D eigenvalue weighted by Crippen LogP contribution is 2.54. The monoisotopic (exact) mass is 390 g/mol. The summed E-state index contributed by atoms with van der Waals surface area (Å²) < 4.78 is 12.3. The van der Waals surface area contributed by atoms with E-state index < -0.39 is 0 Å². The fourth-order valence-corrected chi connectivity index (χ4v) is 5.86. The summed E-state index contributed by atoms with van der Waals surface area (Å²) in [6.07, 6.45) is 2.55. The van der Waals surface area contributed by atoms with Gasteiger partial charge in [-0.2, -0.15) is 0 Å². The number of hydrogen-bond acceptors (Lipinski definition) is 4. The normalized spacial score (nSPS) is 26.8. The van der Waals surface area contributed by atoms with Gasteiger partial charge in [0.1, 0.15) is 18.1 Å². The molecular weight excluding hydrogens is 360 g/mol. The van der Waals surface area contributed by atoms with E-state index in [2.05, 4.69) is 60.5 Å². The van der Waals surface area contributed by atoms with E-state index in [1.165, 1.54) is 35.2 Å². The quantitative estimate of drug-likeness (QED) is 0.844. The van der Waals surface area contributed by atoms with Gasteiger partial charge in [-0.05, 0) is 49.5 Å². The zero-order chi connectivity index (χ0) is 19.6. The van der Waals surface area contributed by atoms with Gasteiger partial charge in [-0.1, -0.05) is 32.0 Å². The Kier molecular flexibility index (Phi) is 3.74. The van der Waals surface area contributed by atoms with Crippen LogP contribution in [0.15, 0.2) is 36.4 Å². The molecule has 4 aliphatic rings. The molecule has 2 aromatic carbocycles. The van der Waals surface area contributed by atoms with Crippen molar-refractivity contribution >= 4 is 5.69 Å². The number of anilines is 1. The topological polar surface area (TPSA) is 33.7 Å². The third-order valence-corrected chi connectivity index (χ3v) is 7.55. The SMILES string of the molecule is CC1(C)COc2cc3c(cc21)C1(CO3)CN(CC2CCNCC2)c2ccccc21. The Bertz CT molecular complexity index is 963. The molecule has 1 N–H and O–H groups in total. The first kappa shape index (κ1) is 17.6. The summed E-state index contributed by atoms with van der Waals surface area (Å²) in [6.45, 7) is 10.5. The summed E-state index contributed by atoms with van der Waals surface area (Å²) >= 11 is 0. The van der Waals surface area contributed by atoms with E-state index in [0.717, 1.165) is 56.8 Å². The molecule has 4 aliphatic heterocycles. The van der Waals surface area contributed by atoms with Crippen LogP contribution in [0.25, 0.3) is 0 Å². The van der Waals surface area contributed by atoms with E-state index in [1.807, 2.05) is 0 Å². The minimum Gasteiger partial charge on any atom is -0.492 e. The summed E-state index contributed by atoms with van der Waals surface area (Å²) in [5.74, 6) is 2.79. The van der Waals surface area contributed by atoms with Gasteiger partial charge < -0.3 is 19.7 Å². The van der Waals surface area contributed by atoms with Crippen LogP contribution in [-0.4, -0.2) is 39.4 Å². The van der Waals surface area contributed by atoms with E-state index in [0.29, 0.717) is 0 Å². The Morgan fingerprint density at radius 1 is 0.966 bits per heavy atom. The van der Waals surface area contributed by atoms with Crippen molar-refractivity contribution in [2.24, 2.45) is 5.92 Å². The van der Waals surface area contributed by atoms with Crippen LogP contribution in [0.5, 0.6) is 11.5 Å². The second kappa shape index (κ2) is 6.15. The third kappa shape index (κ3) is 2.54. The number of nitrogens with one attached hydrogen (secondary N) is 1. The maximum atomic E-state index is 6.31. The van der Waals surface area contributed by atoms with E-state index in [-0.39, 0.29) is 10.8 Å². The number of ether oxygens (including phenoxy) is 2. The zero-order valence-electron chi connectivity index (χ0n) is 17.5. The van der Waals surface area contributed by atoms with Crippen molar-refractivity contribution in [3.63, 3.8) is 0 Å². The first-order valence-electron chi connectivity index (χ1n) is 11.1. The van der Waals surface area contributed by atoms with Crippen LogP contribution in [0.1, 0.15) is 43.4 Å². The van der Waals surface area contributed by atoms with E-state index in [9.17, 15) is 0 Å². The molecule has 4 heteroatoms. The molecule has 152 valence electrons. The highest BCUT2D eigenvalue weighted by molar-refractivity contribution is 5.70. The molecule has 29 heavy (non-hydrogen) atoms. The minimum absolute atomic E-state index is 0.0566. The molecule has 2 aromatic rings. The largest absolute Gasteiger partial charge is 0.492 e. The maximum Gasteiger partial charge on any atom is 0.127 e. The first-order valence-corrected chi connectivity index (χ1v) is 11.1. The molecule has 1 atom stereocenters. The average molecular weight is 391 g/mol. The van der Waals surface area contributed by atoms with Gasteiger partial charge in [0.2, 0.25) is 0 Å². The first-order chi connectivity index (χ1) is 14.1. The molecule has 1 saturated heterocycles. The highest BCUT2D eigenvalue weighted by Gasteiger charge is 2.51. The second-order valence-electron chi connectivity index (χ2n) is 9.98. The van der Waals surface area contributed by atoms with Gasteiger partial charge in [0.05, 0.1) is 12.0 Å². The molecule has 1 unspecified atom stereocenters. The van der Waals surface area contributed by atoms with Gasteiger partial charge in [0.15, 0.2) is 0 Å². The number of hydrogen-bond donors (Lipinski definition) is 1. The lowest BCUT2D eigenvalue weighted by Crippen LogP contribution is -2.40. The van der Waals surface area contributed by atoms with E-state index >= 15 is 0 Å². The number of benzene rings is 2. The fourth-order valence-electron chi connectivity index (χ4n) is 5.86. The van der Waals surface area contributed by atoms with Crippen LogP contribution in [-0.2, 0) is 10.8 Å². The molecule has 0 bridgehead atoms. The van der Waals surface area contributed by atoms with Gasteiger partial charge in [0, 0.05) is 41.4 Å². The van der Waals surface area contributed by atoms with Crippen molar-refractivity contribution in [1.82, 2.24) is 5.32 Å². The minimum atomic E-state index is -0.0630. The predicted octanol–water partition coefficient (Wildman–Crippen LogP) is 3.85. The zero-order valence-corrected chi connectivity index (χ0v) is 17.5. The molecular formula is C25H30N2O2. The molecule has 0 aliphatic carbocycles. The molecule has 1 spiro atoms. The summed E-state index contributed by atoms with van der Waals surface area (Å²) in [4.78, 5) is 2.64. The molecule has 0 radical (unpaired) electrons. The number of piperidine rings is 1. The maximum absolute atomic E-state index is 6.31. The van der Waals surface area contributed by atoms with Crippen molar-refractivity contribution in [3.05, 3.63) is 53.1 Å². The summed E-state index contributed by atoms with van der Waals surface area (Å²) in [7, 11) is 0. The van der Waals surface area contributed by atoms with Gasteiger partial charge in [-0.3, -0.25) is 0 Å². The Hall–Kier alpha value is -2.20. The van der Waals surface area contributed by atoms with Crippen LogP contribution >= 0.6 is 0 Å². The molecule has 0 amide bonds. The Morgan fingerprint density at radius 2 is 1.72 bits per heavy atom. The number of fused-ring (bicyclic) bond motifs is 5. The smallest absolute Gasteiger partial charge is 0.127 e. The lowest BCUT2D eigenvalue weighted by Gasteiger charge is -2.30. The summed E-state index contributed by atoms with van der Waals surface area (Å²) in [5, 5.41) is 3.50. The fraction of sp³-hybridized carbons (Fsp3) is 0.520. The van der Waals surface area contributed by atoms with Gasteiger partial charge in [0.25, 0.3) is 0 Å². The lowest BCUT2D eigenvalue weighted by molar-refractivity contribution is 0.283. The van der Waals surface area contributed by atoms with E-state index in [1.54, 1.807) is 0 Å². The average Bonchev–Trinajstić information content (AvgIpc) is 3.35. The Morgan fingerprint density at radius 3 is 2.59 bits per heavy atom. The number of rotatable bonds is 2. The van der Waals surface area contributed by atoms with Gasteiger partial charge >= 0.3 is 0 Å². The summed E-state index contributed by atoms with van der Waals surface area (Å²) in [6, 6.07) is 13.5. The van der Waals surface area contributed by atoms with Crippen molar-refractivity contribution in [2.45, 2.75) is 37.5 Å². The van der Waals surface area contributed by atoms with Crippen LogP contribution < -0.4 is 19.7 Å². The predicted molar refractivity (Wildman–Crippen MR) is 115 cm³/mol. The van der Waals surface area contributed by atoms with Crippen LogP contribution in [0, 0.1) is 5.92 Å². The van der Waals surface area contributed by atoms with Crippen molar-refractivity contribution in [2.75, 3.05) is 44.3 Å². The van der Waals surface area contributed by atoms with Crippen molar-refractivity contribution < 1.29 is 9.47 Å². The Labute approximate surface area is 173 Å². The number of nitrogens with zero attached hydrogens (tertiary/aromatic N) is 1. The van der Waals surface area contributed by atoms with Crippen LogP contribution in [0.3, 0.4) is 0 Å². The van der Waals surface area contributed by atoms with Gasteiger partial charge in [-0.15, -0.1) is 0 Å². The lowest BCUT2D eigenvalue weighted by atomic mass is 9.75. The third-order valence-electron chi connectivity index (χ3n) is 7.55. The van der Waals surface area contributed by atoms with Gasteiger partial charge in [-0.25, -0.2) is 0 Å². The van der Waals surface area contributed by atoms with Crippen molar-refractivity contribution in [3.8, 4) is 11.5 Å². The molecule has 0 aromatic heterocycles. The van der Waals surface area contributed by atoms with E-state index in [4.69, 9.17) is 9.47 Å². The molecule has 4 nitrogen and oxygen atoms in total.